The minimum Gasteiger partial charge on any atom is -0.394 e. The number of carbonyl (C=O) groups is 1. The van der Waals surface area contributed by atoms with Crippen molar-refractivity contribution in [2.45, 2.75) is 308 Å². The summed E-state index contributed by atoms with van der Waals surface area (Å²) in [6.07, 6.45) is 66.3. The van der Waals surface area contributed by atoms with Gasteiger partial charge < -0.3 is 20.6 Å². The van der Waals surface area contributed by atoms with Crippen LogP contribution in [0.3, 0.4) is 0 Å². The summed E-state index contributed by atoms with van der Waals surface area (Å²) in [5, 5.41) is 33.3. The molecule has 360 valence electrons. The lowest BCUT2D eigenvalue weighted by Gasteiger charge is -2.21. The van der Waals surface area contributed by atoms with E-state index in [0.29, 0.717) is 6.42 Å². The standard InChI is InChI=1S/C56H107NO4/c1-3-5-7-9-11-13-15-17-19-20-21-22-23-24-25-26-27-28-29-30-31-32-33-34-36-37-39-41-43-45-47-49-53(59)51-56(61)57-54(52-58)55(60)50-48-46-44-42-40-38-35-18-16-14-12-10-8-6-4-2/h16,18,40,42,48,50,53-55,58-60H,3-15,17,19-39,41,43-47,49,51-52H2,1-2H3,(H,57,61)/b18-16+,42-40+,50-48+. The third kappa shape index (κ3) is 47.9. The van der Waals surface area contributed by atoms with Gasteiger partial charge in [0.2, 0.25) is 5.91 Å². The van der Waals surface area contributed by atoms with E-state index < -0.39 is 18.2 Å². The van der Waals surface area contributed by atoms with Gasteiger partial charge in [0, 0.05) is 0 Å². The minimum absolute atomic E-state index is 0.00542. The Morgan fingerprint density at radius 1 is 0.410 bits per heavy atom. The van der Waals surface area contributed by atoms with Crippen LogP contribution < -0.4 is 5.32 Å². The molecule has 0 bridgehead atoms. The van der Waals surface area contributed by atoms with E-state index >= 15 is 0 Å². The normalized spacial score (nSPS) is 13.6. The fourth-order valence-corrected chi connectivity index (χ4v) is 8.49. The van der Waals surface area contributed by atoms with Crippen LogP contribution in [-0.4, -0.2) is 46.1 Å². The number of carbonyl (C=O) groups excluding carboxylic acids is 1. The van der Waals surface area contributed by atoms with Crippen molar-refractivity contribution in [3.05, 3.63) is 36.5 Å². The number of hydrogen-bond acceptors (Lipinski definition) is 4. The molecule has 5 heteroatoms. The summed E-state index contributed by atoms with van der Waals surface area (Å²) >= 11 is 0. The molecule has 0 spiro atoms. The molecule has 3 atom stereocenters. The predicted molar refractivity (Wildman–Crippen MR) is 268 cm³/mol. The van der Waals surface area contributed by atoms with Crippen LogP contribution in [0.4, 0.5) is 0 Å². The Balaban J connectivity index is 3.52. The zero-order valence-corrected chi connectivity index (χ0v) is 41.1. The van der Waals surface area contributed by atoms with Crippen molar-refractivity contribution in [3.8, 4) is 0 Å². The Labute approximate surface area is 381 Å². The van der Waals surface area contributed by atoms with Gasteiger partial charge in [-0.05, 0) is 44.9 Å². The third-order valence-corrected chi connectivity index (χ3v) is 12.7. The molecule has 4 N–H and O–H groups in total. The fraction of sp³-hybridized carbons (Fsp3) is 0.875. The number of aliphatic hydroxyl groups excluding tert-OH is 3. The van der Waals surface area contributed by atoms with Crippen molar-refractivity contribution in [1.82, 2.24) is 5.32 Å². The molecule has 0 aromatic heterocycles. The quantitative estimate of drug-likeness (QED) is 0.0362. The minimum atomic E-state index is -0.958. The molecule has 0 aromatic carbocycles. The highest BCUT2D eigenvalue weighted by atomic mass is 16.3. The van der Waals surface area contributed by atoms with Crippen LogP contribution in [0.2, 0.25) is 0 Å². The number of amides is 1. The summed E-state index contributed by atoms with van der Waals surface area (Å²) in [6.45, 7) is 4.20. The highest BCUT2D eigenvalue weighted by molar-refractivity contribution is 5.76. The van der Waals surface area contributed by atoms with Crippen LogP contribution in [-0.2, 0) is 4.79 Å². The predicted octanol–water partition coefficient (Wildman–Crippen LogP) is 16.7. The van der Waals surface area contributed by atoms with Gasteiger partial charge in [0.1, 0.15) is 0 Å². The molecule has 0 saturated heterocycles. The zero-order chi connectivity index (χ0) is 44.4. The lowest BCUT2D eigenvalue weighted by atomic mass is 10.0. The number of aliphatic hydroxyl groups is 3. The summed E-state index contributed by atoms with van der Waals surface area (Å²) in [5.74, 6) is -0.326. The largest absolute Gasteiger partial charge is 0.394 e. The average molecular weight is 858 g/mol. The van der Waals surface area contributed by atoms with E-state index in [4.69, 9.17) is 0 Å². The molecular weight excluding hydrogens is 751 g/mol. The lowest BCUT2D eigenvalue weighted by molar-refractivity contribution is -0.124. The molecule has 0 radical (unpaired) electrons. The molecule has 0 aliphatic carbocycles. The first-order valence-corrected chi connectivity index (χ1v) is 27.3. The third-order valence-electron chi connectivity index (χ3n) is 12.7. The second-order valence-electron chi connectivity index (χ2n) is 18.8. The second kappa shape index (κ2) is 51.2. The van der Waals surface area contributed by atoms with Gasteiger partial charge >= 0.3 is 0 Å². The first kappa shape index (κ1) is 59.6. The van der Waals surface area contributed by atoms with E-state index in [1.807, 2.05) is 6.08 Å². The van der Waals surface area contributed by atoms with Gasteiger partial charge in [-0.15, -0.1) is 0 Å². The van der Waals surface area contributed by atoms with E-state index in [9.17, 15) is 20.1 Å². The number of allylic oxidation sites excluding steroid dienone is 5. The highest BCUT2D eigenvalue weighted by Gasteiger charge is 2.20. The molecule has 0 heterocycles. The molecule has 0 rings (SSSR count). The number of hydrogen-bond donors (Lipinski definition) is 4. The fourth-order valence-electron chi connectivity index (χ4n) is 8.49. The molecule has 0 aromatic rings. The summed E-state index contributed by atoms with van der Waals surface area (Å²) in [5.41, 5.74) is 0. The molecular formula is C56H107NO4. The Morgan fingerprint density at radius 3 is 1.05 bits per heavy atom. The summed E-state index contributed by atoms with van der Waals surface area (Å²) < 4.78 is 0. The molecule has 0 aliphatic heterocycles. The lowest BCUT2D eigenvalue weighted by Crippen LogP contribution is -2.45. The van der Waals surface area contributed by atoms with E-state index in [-0.39, 0.29) is 18.9 Å². The van der Waals surface area contributed by atoms with Gasteiger partial charge in [0.15, 0.2) is 0 Å². The van der Waals surface area contributed by atoms with Gasteiger partial charge in [-0.3, -0.25) is 4.79 Å². The first-order valence-electron chi connectivity index (χ1n) is 27.3. The van der Waals surface area contributed by atoms with E-state index in [2.05, 4.69) is 43.5 Å². The average Bonchev–Trinajstić information content (AvgIpc) is 3.25. The van der Waals surface area contributed by atoms with Crippen molar-refractivity contribution in [2.75, 3.05) is 6.61 Å². The Kier molecular flexibility index (Phi) is 50.0. The maximum atomic E-state index is 12.5. The highest BCUT2D eigenvalue weighted by Crippen LogP contribution is 2.17. The van der Waals surface area contributed by atoms with Gasteiger partial charge in [0.05, 0.1) is 31.3 Å². The van der Waals surface area contributed by atoms with Gasteiger partial charge in [-0.2, -0.15) is 0 Å². The summed E-state index contributed by atoms with van der Waals surface area (Å²) in [4.78, 5) is 12.5. The van der Waals surface area contributed by atoms with E-state index in [1.54, 1.807) is 6.08 Å². The number of rotatable bonds is 50. The molecule has 0 saturated carbocycles. The SMILES string of the molecule is CCCCCCC/C=C/CC/C=C/CC/C=C/C(O)C(CO)NC(=O)CC(O)CCCCCCCCCCCCCCCCCCCCCCCCCCCCCCCCC. The van der Waals surface area contributed by atoms with E-state index in [0.717, 1.165) is 38.5 Å². The van der Waals surface area contributed by atoms with Crippen LogP contribution >= 0.6 is 0 Å². The molecule has 61 heavy (non-hydrogen) atoms. The van der Waals surface area contributed by atoms with E-state index in [1.165, 1.54) is 225 Å². The zero-order valence-electron chi connectivity index (χ0n) is 41.1. The smallest absolute Gasteiger partial charge is 0.222 e. The number of nitrogens with one attached hydrogen (secondary N) is 1. The van der Waals surface area contributed by atoms with Crippen LogP contribution in [0, 0.1) is 0 Å². The monoisotopic (exact) mass is 858 g/mol. The van der Waals surface area contributed by atoms with Crippen LogP contribution in [0.1, 0.15) is 290 Å². The summed E-state index contributed by atoms with van der Waals surface area (Å²) in [7, 11) is 0. The van der Waals surface area contributed by atoms with Gasteiger partial charge in [-0.1, -0.05) is 275 Å². The molecule has 0 fully saturated rings. The number of unbranched alkanes of at least 4 members (excludes halogenated alkanes) is 37. The molecule has 3 unspecified atom stereocenters. The summed E-state index contributed by atoms with van der Waals surface area (Å²) in [6, 6.07) is -0.766. The Morgan fingerprint density at radius 2 is 0.705 bits per heavy atom. The van der Waals surface area contributed by atoms with Crippen molar-refractivity contribution in [3.63, 3.8) is 0 Å². The maximum absolute atomic E-state index is 12.5. The molecule has 0 aliphatic rings. The van der Waals surface area contributed by atoms with Crippen LogP contribution in [0.15, 0.2) is 36.5 Å². The molecule has 5 nitrogen and oxygen atoms in total. The van der Waals surface area contributed by atoms with Crippen molar-refractivity contribution in [1.29, 1.82) is 0 Å². The van der Waals surface area contributed by atoms with Crippen LogP contribution in [0.25, 0.3) is 0 Å². The van der Waals surface area contributed by atoms with Gasteiger partial charge in [0.25, 0.3) is 0 Å². The second-order valence-corrected chi connectivity index (χ2v) is 18.8. The van der Waals surface area contributed by atoms with Gasteiger partial charge in [-0.25, -0.2) is 0 Å². The Hall–Kier alpha value is -1.43. The first-order chi connectivity index (χ1) is 30.0. The van der Waals surface area contributed by atoms with Crippen molar-refractivity contribution < 1.29 is 20.1 Å². The molecule has 1 amide bonds. The van der Waals surface area contributed by atoms with Crippen LogP contribution in [0.5, 0.6) is 0 Å². The van der Waals surface area contributed by atoms with Crippen molar-refractivity contribution >= 4 is 5.91 Å². The maximum Gasteiger partial charge on any atom is 0.222 e. The van der Waals surface area contributed by atoms with Crippen molar-refractivity contribution in [2.24, 2.45) is 0 Å². The Bertz CT molecular complexity index is 947. The topological polar surface area (TPSA) is 89.8 Å².